The monoisotopic (exact) mass is 575 g/mol. The average molecular weight is 576 g/mol. The van der Waals surface area contributed by atoms with Crippen LogP contribution in [-0.2, 0) is 27.3 Å². The molecule has 0 unspecified atom stereocenters. The maximum atomic E-state index is 13.1. The number of aliphatic hydroxyl groups is 1. The van der Waals surface area contributed by atoms with Gasteiger partial charge in [-0.3, -0.25) is 15.0 Å². The summed E-state index contributed by atoms with van der Waals surface area (Å²) in [7, 11) is 2.13. The molecule has 0 spiro atoms. The molecule has 3 aromatic rings. The average Bonchev–Trinajstić information content (AvgIpc) is 3.73. The first-order chi connectivity index (χ1) is 19.9. The zero-order valence-electron chi connectivity index (χ0n) is 22.9. The third-order valence-electron chi connectivity index (χ3n) is 8.41. The van der Waals surface area contributed by atoms with E-state index in [2.05, 4.69) is 22.6 Å². The quantitative estimate of drug-likeness (QED) is 0.286. The Morgan fingerprint density at radius 3 is 2.41 bits per heavy atom. The lowest BCUT2D eigenvalue weighted by molar-refractivity contribution is -0.116. The van der Waals surface area contributed by atoms with Gasteiger partial charge in [0.15, 0.2) is 0 Å². The summed E-state index contributed by atoms with van der Waals surface area (Å²) >= 11 is 6.22. The van der Waals surface area contributed by atoms with Crippen LogP contribution in [0.2, 0.25) is 5.02 Å². The Balaban J connectivity index is 1.08. The number of rotatable bonds is 9. The zero-order chi connectivity index (χ0) is 28.5. The molecule has 0 saturated carbocycles. The van der Waals surface area contributed by atoms with Crippen molar-refractivity contribution < 1.29 is 24.2 Å². The van der Waals surface area contributed by atoms with Crippen LogP contribution in [0.1, 0.15) is 36.8 Å². The number of anilines is 2. The molecule has 3 saturated heterocycles. The van der Waals surface area contributed by atoms with Gasteiger partial charge in [0.1, 0.15) is 18.3 Å². The number of morpholine rings is 1. The van der Waals surface area contributed by atoms with Gasteiger partial charge in [-0.05, 0) is 54.8 Å². The standard InChI is InChI=1S/C32H34ClN3O5/c1-36-27-16-22(17-28(36)31-30(27)41-31)40-32(39)35-26-15-19(10-12-23(26)21-7-3-2-4-8-21)6-5-9-29(38)34-25-13-11-20(18-37)14-24(25)33/h2-4,7-8,10-15,22,27-28,30-31,37H,5-6,9,16-18H2,1H3,(H,34,38)(H,35,39)/t22-,27-,28-,30-,31+/m0/s1. The van der Waals surface area contributed by atoms with Crippen LogP contribution in [0, 0.1) is 0 Å². The number of hydrogen-bond donors (Lipinski definition) is 3. The third kappa shape index (κ3) is 6.11. The summed E-state index contributed by atoms with van der Waals surface area (Å²) in [6.45, 7) is -0.110. The number of carbonyl (C=O) groups is 2. The second-order valence-electron chi connectivity index (χ2n) is 11.1. The number of likely N-dealkylation sites (N-methyl/N-ethyl adjacent to an activating group) is 1. The Bertz CT molecular complexity index is 1420. The highest BCUT2D eigenvalue weighted by atomic mass is 35.5. The van der Waals surface area contributed by atoms with E-state index in [1.165, 1.54) is 0 Å². The molecule has 3 aliphatic heterocycles. The smallest absolute Gasteiger partial charge is 0.411 e. The molecule has 3 N–H and O–H groups in total. The zero-order valence-corrected chi connectivity index (χ0v) is 23.6. The number of amides is 2. The molecule has 214 valence electrons. The summed E-state index contributed by atoms with van der Waals surface area (Å²) in [5.74, 6) is -0.137. The van der Waals surface area contributed by atoms with Gasteiger partial charge in [0.25, 0.3) is 0 Å². The Morgan fingerprint density at radius 2 is 1.71 bits per heavy atom. The summed E-state index contributed by atoms with van der Waals surface area (Å²) in [4.78, 5) is 28.0. The van der Waals surface area contributed by atoms with Crippen molar-refractivity contribution in [2.24, 2.45) is 0 Å². The van der Waals surface area contributed by atoms with Crippen molar-refractivity contribution in [1.29, 1.82) is 0 Å². The van der Waals surface area contributed by atoms with E-state index in [-0.39, 0.29) is 30.8 Å². The van der Waals surface area contributed by atoms with E-state index in [1.807, 2.05) is 48.5 Å². The summed E-state index contributed by atoms with van der Waals surface area (Å²) in [6, 6.07) is 21.6. The summed E-state index contributed by atoms with van der Waals surface area (Å²) < 4.78 is 11.7. The molecule has 3 heterocycles. The van der Waals surface area contributed by atoms with Gasteiger partial charge < -0.3 is 19.9 Å². The molecule has 2 bridgehead atoms. The second kappa shape index (κ2) is 11.8. The van der Waals surface area contributed by atoms with Crippen molar-refractivity contribution in [3.8, 4) is 11.1 Å². The fourth-order valence-corrected chi connectivity index (χ4v) is 6.48. The third-order valence-corrected chi connectivity index (χ3v) is 8.73. The number of hydrogen-bond acceptors (Lipinski definition) is 6. The highest BCUT2D eigenvalue weighted by Gasteiger charge is 2.62. The Labute approximate surface area is 244 Å². The summed E-state index contributed by atoms with van der Waals surface area (Å²) in [5.41, 5.74) is 4.79. The van der Waals surface area contributed by atoms with Gasteiger partial charge in [-0.2, -0.15) is 0 Å². The van der Waals surface area contributed by atoms with Crippen molar-refractivity contribution in [2.45, 2.75) is 69.1 Å². The van der Waals surface area contributed by atoms with Crippen molar-refractivity contribution in [3.05, 3.63) is 82.9 Å². The lowest BCUT2D eigenvalue weighted by Crippen LogP contribution is -2.48. The number of halogens is 1. The highest BCUT2D eigenvalue weighted by molar-refractivity contribution is 6.33. The minimum atomic E-state index is -0.452. The first-order valence-electron chi connectivity index (χ1n) is 14.1. The van der Waals surface area contributed by atoms with Crippen LogP contribution >= 0.6 is 11.6 Å². The number of fused-ring (bicyclic) bond motifs is 5. The fraction of sp³-hybridized carbons (Fsp3) is 0.375. The van der Waals surface area contributed by atoms with Crippen molar-refractivity contribution in [1.82, 2.24) is 4.90 Å². The van der Waals surface area contributed by atoms with Gasteiger partial charge >= 0.3 is 6.09 Å². The molecule has 0 aliphatic carbocycles. The van der Waals surface area contributed by atoms with Crippen LogP contribution in [-0.4, -0.2) is 59.5 Å². The highest BCUT2D eigenvalue weighted by Crippen LogP contribution is 2.48. The Kier molecular flexibility index (Phi) is 7.99. The number of aliphatic hydroxyl groups excluding tert-OH is 1. The van der Waals surface area contributed by atoms with Crippen LogP contribution in [0.25, 0.3) is 11.1 Å². The fourth-order valence-electron chi connectivity index (χ4n) is 6.23. The van der Waals surface area contributed by atoms with Crippen molar-refractivity contribution in [3.63, 3.8) is 0 Å². The molecule has 0 aromatic heterocycles. The molecule has 6 rings (SSSR count). The number of carbonyl (C=O) groups excluding carboxylic acids is 2. The van der Waals surface area contributed by atoms with E-state index in [0.29, 0.717) is 53.3 Å². The first kappa shape index (κ1) is 27.7. The lowest BCUT2D eigenvalue weighted by atomic mass is 9.99. The Morgan fingerprint density at radius 1 is 0.976 bits per heavy atom. The molecule has 0 radical (unpaired) electrons. The lowest BCUT2D eigenvalue weighted by Gasteiger charge is -2.37. The number of epoxide rings is 1. The first-order valence-corrected chi connectivity index (χ1v) is 14.5. The number of piperidine rings is 1. The van der Waals surface area contributed by atoms with E-state index >= 15 is 0 Å². The van der Waals surface area contributed by atoms with Crippen LogP contribution in [0.15, 0.2) is 66.7 Å². The number of nitrogens with zero attached hydrogens (tertiary/aromatic N) is 1. The minimum absolute atomic E-state index is 0.110. The number of aryl methyl sites for hydroxylation is 1. The van der Waals surface area contributed by atoms with Gasteiger partial charge in [-0.1, -0.05) is 60.1 Å². The van der Waals surface area contributed by atoms with E-state index in [0.717, 1.165) is 29.5 Å². The van der Waals surface area contributed by atoms with E-state index in [1.54, 1.807) is 18.2 Å². The van der Waals surface area contributed by atoms with E-state index in [4.69, 9.17) is 21.1 Å². The molecule has 8 nitrogen and oxygen atoms in total. The molecular formula is C32H34ClN3O5. The van der Waals surface area contributed by atoms with Crippen molar-refractivity contribution in [2.75, 3.05) is 17.7 Å². The summed E-state index contributed by atoms with van der Waals surface area (Å²) in [6.07, 6.45) is 3.15. The number of nitrogens with one attached hydrogen (secondary N) is 2. The molecule has 2 amide bonds. The number of ether oxygens (including phenoxy) is 2. The van der Waals surface area contributed by atoms with Crippen LogP contribution in [0.5, 0.6) is 0 Å². The minimum Gasteiger partial charge on any atom is -0.446 e. The predicted octanol–water partition coefficient (Wildman–Crippen LogP) is 5.62. The van der Waals surface area contributed by atoms with E-state index < -0.39 is 6.09 Å². The van der Waals surface area contributed by atoms with E-state index in [9.17, 15) is 14.7 Å². The van der Waals surface area contributed by atoms with Crippen LogP contribution < -0.4 is 10.6 Å². The second-order valence-corrected chi connectivity index (χ2v) is 11.5. The molecule has 5 atom stereocenters. The molecule has 9 heteroatoms. The van der Waals surface area contributed by atoms with Crippen LogP contribution in [0.4, 0.5) is 16.2 Å². The molecule has 3 aromatic carbocycles. The molecule has 41 heavy (non-hydrogen) atoms. The van der Waals surface area contributed by atoms with Gasteiger partial charge in [0, 0.05) is 36.9 Å². The maximum Gasteiger partial charge on any atom is 0.411 e. The largest absolute Gasteiger partial charge is 0.446 e. The predicted molar refractivity (Wildman–Crippen MR) is 158 cm³/mol. The van der Waals surface area contributed by atoms with Gasteiger partial charge in [0.05, 0.1) is 23.0 Å². The molecule has 3 aliphatic rings. The Hall–Kier alpha value is -3.43. The van der Waals surface area contributed by atoms with Gasteiger partial charge in [0.2, 0.25) is 5.91 Å². The van der Waals surface area contributed by atoms with Crippen LogP contribution in [0.3, 0.4) is 0 Å². The summed E-state index contributed by atoms with van der Waals surface area (Å²) in [5, 5.41) is 15.5. The van der Waals surface area contributed by atoms with Gasteiger partial charge in [-0.25, -0.2) is 4.79 Å². The SMILES string of the molecule is CN1[C@H]2C[C@H](OC(=O)Nc3cc(CCCC(=O)Nc4ccc(CO)cc4Cl)ccc3-c3ccccc3)C[C@H]1[C@H]1O[C@H]12. The molecular weight excluding hydrogens is 542 g/mol. The topological polar surface area (TPSA) is 103 Å². The number of benzene rings is 3. The molecule has 3 fully saturated rings. The van der Waals surface area contributed by atoms with Gasteiger partial charge in [-0.15, -0.1) is 0 Å². The normalized spacial score (nSPS) is 24.4. The van der Waals surface area contributed by atoms with Crippen molar-refractivity contribution >= 4 is 35.0 Å². The maximum absolute atomic E-state index is 13.1.